The summed E-state index contributed by atoms with van der Waals surface area (Å²) >= 11 is 0. The molecule has 0 amide bonds. The number of pyridine rings is 1. The second-order valence-electron chi connectivity index (χ2n) is 7.28. The Balaban J connectivity index is 1.75. The summed E-state index contributed by atoms with van der Waals surface area (Å²) in [4.78, 5) is 9.40. The second-order valence-corrected chi connectivity index (χ2v) is 7.28. The maximum Gasteiger partial charge on any atom is 0.190 e. The standard InChI is InChI=1S/C23H24F3N3O/c1-2-28-8-10-29(11-9-28)23-18-6-4-3-5-16(18)15-21(27-23)17-13-19(25)22(20(26)14-17)30-12-7-24/h3-6,13-15H,2,7-12H2,1H3. The number of aromatic nitrogens is 1. The fraction of sp³-hybridized carbons (Fsp3) is 0.348. The summed E-state index contributed by atoms with van der Waals surface area (Å²) in [6, 6.07) is 12.1. The topological polar surface area (TPSA) is 28.6 Å². The molecule has 1 aromatic heterocycles. The number of nitrogens with zero attached hydrogens (tertiary/aromatic N) is 3. The summed E-state index contributed by atoms with van der Waals surface area (Å²) < 4.78 is 46.1. The monoisotopic (exact) mass is 415 g/mol. The van der Waals surface area contributed by atoms with Crippen LogP contribution < -0.4 is 9.64 Å². The van der Waals surface area contributed by atoms with Crippen LogP contribution >= 0.6 is 0 Å². The van der Waals surface area contributed by atoms with E-state index in [2.05, 4.69) is 16.7 Å². The number of alkyl halides is 1. The summed E-state index contributed by atoms with van der Waals surface area (Å²) in [6.07, 6.45) is 0. The van der Waals surface area contributed by atoms with Crippen LogP contribution in [0.2, 0.25) is 0 Å². The zero-order chi connectivity index (χ0) is 21.1. The van der Waals surface area contributed by atoms with Gasteiger partial charge in [-0.15, -0.1) is 0 Å². The highest BCUT2D eigenvalue weighted by atomic mass is 19.1. The van der Waals surface area contributed by atoms with Gasteiger partial charge < -0.3 is 14.5 Å². The van der Waals surface area contributed by atoms with E-state index in [1.807, 2.05) is 30.3 Å². The lowest BCUT2D eigenvalue weighted by Gasteiger charge is -2.35. The molecule has 1 saturated heterocycles. The molecule has 7 heteroatoms. The first-order valence-corrected chi connectivity index (χ1v) is 10.2. The van der Waals surface area contributed by atoms with Gasteiger partial charge in [-0.1, -0.05) is 31.2 Å². The number of hydrogen-bond acceptors (Lipinski definition) is 4. The van der Waals surface area contributed by atoms with Crippen molar-refractivity contribution in [2.45, 2.75) is 6.92 Å². The van der Waals surface area contributed by atoms with Crippen molar-refractivity contribution in [1.29, 1.82) is 0 Å². The minimum Gasteiger partial charge on any atom is -0.485 e. The van der Waals surface area contributed by atoms with Gasteiger partial charge in [0.1, 0.15) is 19.1 Å². The molecule has 3 aromatic rings. The van der Waals surface area contributed by atoms with Crippen LogP contribution in [0, 0.1) is 11.6 Å². The number of rotatable bonds is 6. The van der Waals surface area contributed by atoms with Gasteiger partial charge in [-0.05, 0) is 30.1 Å². The van der Waals surface area contributed by atoms with E-state index in [1.165, 1.54) is 12.1 Å². The molecule has 0 atom stereocenters. The molecule has 0 spiro atoms. The Bertz CT molecular complexity index is 1010. The van der Waals surface area contributed by atoms with Gasteiger partial charge in [0.2, 0.25) is 0 Å². The van der Waals surface area contributed by atoms with E-state index >= 15 is 0 Å². The van der Waals surface area contributed by atoms with E-state index in [4.69, 9.17) is 9.72 Å². The van der Waals surface area contributed by atoms with Crippen LogP contribution in [-0.4, -0.2) is 55.9 Å². The quantitative estimate of drug-likeness (QED) is 0.585. The van der Waals surface area contributed by atoms with Crippen molar-refractivity contribution in [3.05, 3.63) is 54.1 Å². The van der Waals surface area contributed by atoms with Gasteiger partial charge in [0.25, 0.3) is 0 Å². The minimum absolute atomic E-state index is 0.316. The van der Waals surface area contributed by atoms with E-state index in [-0.39, 0.29) is 0 Å². The normalized spacial score (nSPS) is 15.0. The number of piperazine rings is 1. The highest BCUT2D eigenvalue weighted by Crippen LogP contribution is 2.33. The Morgan fingerprint density at radius 1 is 1.00 bits per heavy atom. The number of halogens is 3. The van der Waals surface area contributed by atoms with Crippen LogP contribution in [0.4, 0.5) is 19.0 Å². The highest BCUT2D eigenvalue weighted by molar-refractivity contribution is 5.95. The Kier molecular flexibility index (Phi) is 6.08. The molecule has 0 N–H and O–H groups in total. The van der Waals surface area contributed by atoms with E-state index in [0.29, 0.717) is 11.3 Å². The third-order valence-corrected chi connectivity index (χ3v) is 5.46. The van der Waals surface area contributed by atoms with Crippen molar-refractivity contribution < 1.29 is 17.9 Å². The molecule has 30 heavy (non-hydrogen) atoms. The number of likely N-dealkylation sites (N-methyl/N-ethyl adjacent to an activating group) is 1. The van der Waals surface area contributed by atoms with Gasteiger partial charge in [-0.25, -0.2) is 18.2 Å². The lowest BCUT2D eigenvalue weighted by atomic mass is 10.1. The van der Waals surface area contributed by atoms with Gasteiger partial charge in [0, 0.05) is 37.1 Å². The maximum absolute atomic E-state index is 14.4. The van der Waals surface area contributed by atoms with E-state index in [1.54, 1.807) is 0 Å². The zero-order valence-electron chi connectivity index (χ0n) is 16.9. The lowest BCUT2D eigenvalue weighted by Crippen LogP contribution is -2.46. The fourth-order valence-corrected chi connectivity index (χ4v) is 3.83. The lowest BCUT2D eigenvalue weighted by molar-refractivity contribution is 0.251. The molecule has 1 aliphatic heterocycles. The first kappa shape index (κ1) is 20.5. The smallest absolute Gasteiger partial charge is 0.190 e. The van der Waals surface area contributed by atoms with E-state index < -0.39 is 30.7 Å². The average Bonchev–Trinajstić information content (AvgIpc) is 2.78. The Morgan fingerprint density at radius 3 is 2.37 bits per heavy atom. The number of fused-ring (bicyclic) bond motifs is 1. The highest BCUT2D eigenvalue weighted by Gasteiger charge is 2.21. The first-order valence-electron chi connectivity index (χ1n) is 10.2. The molecular formula is C23H24F3N3O. The fourth-order valence-electron chi connectivity index (χ4n) is 3.83. The summed E-state index contributed by atoms with van der Waals surface area (Å²) in [7, 11) is 0. The predicted molar refractivity (Wildman–Crippen MR) is 113 cm³/mol. The van der Waals surface area contributed by atoms with Gasteiger partial charge in [-0.3, -0.25) is 0 Å². The predicted octanol–water partition coefficient (Wildman–Crippen LogP) is 4.67. The van der Waals surface area contributed by atoms with Crippen molar-refractivity contribution >= 4 is 16.6 Å². The molecule has 0 radical (unpaired) electrons. The molecule has 2 aromatic carbocycles. The maximum atomic E-state index is 14.4. The van der Waals surface area contributed by atoms with Gasteiger partial charge in [-0.2, -0.15) is 0 Å². The molecule has 4 rings (SSSR count). The van der Waals surface area contributed by atoms with Crippen LogP contribution in [0.3, 0.4) is 0 Å². The van der Waals surface area contributed by atoms with Crippen LogP contribution in [0.15, 0.2) is 42.5 Å². The summed E-state index contributed by atoms with van der Waals surface area (Å²) in [6.45, 7) is 5.52. The molecule has 1 fully saturated rings. The van der Waals surface area contributed by atoms with Gasteiger partial charge >= 0.3 is 0 Å². The SMILES string of the molecule is CCN1CCN(c2nc(-c3cc(F)c(OCCF)c(F)c3)cc3ccccc23)CC1. The van der Waals surface area contributed by atoms with Crippen molar-refractivity contribution in [2.75, 3.05) is 50.9 Å². The third kappa shape index (κ3) is 4.07. The van der Waals surface area contributed by atoms with Gasteiger partial charge in [0.05, 0.1) is 5.69 Å². The Morgan fingerprint density at radius 2 is 1.70 bits per heavy atom. The molecule has 158 valence electrons. The van der Waals surface area contributed by atoms with Crippen molar-refractivity contribution in [3.8, 4) is 17.0 Å². The first-order chi connectivity index (χ1) is 14.6. The molecule has 0 aliphatic carbocycles. The number of ether oxygens (including phenoxy) is 1. The van der Waals surface area contributed by atoms with Crippen molar-refractivity contribution in [2.24, 2.45) is 0 Å². The van der Waals surface area contributed by atoms with Crippen LogP contribution in [0.5, 0.6) is 5.75 Å². The number of hydrogen-bond donors (Lipinski definition) is 0. The molecule has 0 bridgehead atoms. The molecule has 4 nitrogen and oxygen atoms in total. The molecular weight excluding hydrogens is 391 g/mol. The zero-order valence-corrected chi connectivity index (χ0v) is 16.9. The largest absolute Gasteiger partial charge is 0.485 e. The Hall–Kier alpha value is -2.80. The molecule has 1 aliphatic rings. The molecule has 2 heterocycles. The average molecular weight is 415 g/mol. The number of anilines is 1. The van der Waals surface area contributed by atoms with E-state index in [0.717, 1.165) is 49.3 Å². The van der Waals surface area contributed by atoms with Crippen LogP contribution in [-0.2, 0) is 0 Å². The summed E-state index contributed by atoms with van der Waals surface area (Å²) in [5.41, 5.74) is 0.799. The third-order valence-electron chi connectivity index (χ3n) is 5.46. The van der Waals surface area contributed by atoms with E-state index in [9.17, 15) is 13.2 Å². The second kappa shape index (κ2) is 8.92. The van der Waals surface area contributed by atoms with Gasteiger partial charge in [0.15, 0.2) is 17.4 Å². The van der Waals surface area contributed by atoms with Crippen LogP contribution in [0.1, 0.15) is 6.92 Å². The summed E-state index contributed by atoms with van der Waals surface area (Å²) in [5.74, 6) is -1.48. The van der Waals surface area contributed by atoms with Crippen molar-refractivity contribution in [3.63, 3.8) is 0 Å². The minimum atomic E-state index is -0.869. The number of benzene rings is 2. The molecule has 0 saturated carbocycles. The molecule has 0 unspecified atom stereocenters. The van der Waals surface area contributed by atoms with Crippen LogP contribution in [0.25, 0.3) is 22.0 Å². The van der Waals surface area contributed by atoms with Crippen molar-refractivity contribution in [1.82, 2.24) is 9.88 Å². The Labute approximate surface area is 173 Å². The summed E-state index contributed by atoms with van der Waals surface area (Å²) in [5, 5.41) is 1.96.